The first kappa shape index (κ1) is 24.5. The first-order valence-electron chi connectivity index (χ1n) is 10.1. The molecule has 0 unspecified atom stereocenters. The molecule has 2 aromatic carbocycles. The minimum absolute atomic E-state index is 0.316. The van der Waals surface area contributed by atoms with Gasteiger partial charge in [-0.15, -0.1) is 0 Å². The fraction of sp³-hybridized carbons (Fsp3) is 0.348. The maximum Gasteiger partial charge on any atom is 0.305 e. The van der Waals surface area contributed by atoms with Crippen LogP contribution >= 0.6 is 0 Å². The number of carbonyl (C=O) groups excluding carboxylic acids is 4. The van der Waals surface area contributed by atoms with E-state index in [0.29, 0.717) is 11.8 Å². The van der Waals surface area contributed by atoms with Crippen molar-refractivity contribution in [3.8, 4) is 0 Å². The van der Waals surface area contributed by atoms with Crippen LogP contribution in [-0.2, 0) is 19.2 Å². The third-order valence-electron chi connectivity index (χ3n) is 4.77. The van der Waals surface area contributed by atoms with Gasteiger partial charge in [-0.1, -0.05) is 57.2 Å². The summed E-state index contributed by atoms with van der Waals surface area (Å²) < 4.78 is 0. The van der Waals surface area contributed by atoms with E-state index in [1.165, 1.54) is 0 Å². The van der Waals surface area contributed by atoms with Crippen LogP contribution in [0.15, 0.2) is 42.5 Å². The number of fused-ring (bicyclic) bond motifs is 1. The lowest BCUT2D eigenvalue weighted by atomic mass is 9.85. The lowest BCUT2D eigenvalue weighted by Crippen LogP contribution is -2.55. The van der Waals surface area contributed by atoms with E-state index in [0.717, 1.165) is 10.8 Å². The van der Waals surface area contributed by atoms with Crippen LogP contribution in [0.5, 0.6) is 0 Å². The molecule has 3 amide bonds. The predicted octanol–water partition coefficient (Wildman–Crippen LogP) is 1.26. The topological polar surface area (TPSA) is 142 Å². The Bertz CT molecular complexity index is 1020. The number of hydrogen-bond donors (Lipinski definition) is 4. The first-order chi connectivity index (χ1) is 15.0. The van der Waals surface area contributed by atoms with Gasteiger partial charge in [-0.25, -0.2) is 0 Å². The Morgan fingerprint density at radius 3 is 2.28 bits per heavy atom. The van der Waals surface area contributed by atoms with Crippen molar-refractivity contribution >= 4 is 40.7 Å². The summed E-state index contributed by atoms with van der Waals surface area (Å²) in [6.45, 7) is 4.85. The molecule has 0 aliphatic rings. The Balaban J connectivity index is 2.09. The molecule has 170 valence electrons. The molecule has 2 aromatic rings. The van der Waals surface area contributed by atoms with E-state index in [-0.39, 0.29) is 0 Å². The van der Waals surface area contributed by atoms with Crippen LogP contribution in [0.2, 0.25) is 0 Å². The predicted molar refractivity (Wildman–Crippen MR) is 118 cm³/mol. The number of hydrogen-bond acceptors (Lipinski definition) is 5. The van der Waals surface area contributed by atoms with E-state index in [2.05, 4.69) is 16.0 Å². The fourth-order valence-corrected chi connectivity index (χ4v) is 3.16. The SMILES string of the molecule is CC(C)(C)[C@H](NC(=O)c1cccc2ccccc12)C(=O)NCC(=O)N[C@H](C=O)CC(=O)O. The molecule has 0 bridgehead atoms. The molecule has 9 nitrogen and oxygen atoms in total. The molecule has 9 heteroatoms. The van der Waals surface area contributed by atoms with Crippen molar-refractivity contribution in [1.29, 1.82) is 0 Å². The zero-order chi connectivity index (χ0) is 23.9. The molecule has 0 radical (unpaired) electrons. The van der Waals surface area contributed by atoms with E-state index in [1.54, 1.807) is 32.9 Å². The second-order valence-electron chi connectivity index (χ2n) is 8.42. The Hall–Kier alpha value is -3.75. The van der Waals surface area contributed by atoms with E-state index in [9.17, 15) is 24.0 Å². The van der Waals surface area contributed by atoms with Gasteiger partial charge >= 0.3 is 5.97 Å². The molecule has 0 saturated carbocycles. The number of aldehydes is 1. The third kappa shape index (κ3) is 6.63. The van der Waals surface area contributed by atoms with Crippen molar-refractivity contribution in [3.05, 3.63) is 48.0 Å². The molecule has 0 aliphatic heterocycles. The lowest BCUT2D eigenvalue weighted by Gasteiger charge is -2.30. The Morgan fingerprint density at radius 1 is 1.00 bits per heavy atom. The van der Waals surface area contributed by atoms with Crippen molar-refractivity contribution in [3.63, 3.8) is 0 Å². The van der Waals surface area contributed by atoms with Gasteiger partial charge in [0.05, 0.1) is 19.0 Å². The number of amides is 3. The number of benzene rings is 2. The van der Waals surface area contributed by atoms with Crippen LogP contribution in [0.1, 0.15) is 37.6 Å². The van der Waals surface area contributed by atoms with Crippen LogP contribution in [-0.4, -0.2) is 53.7 Å². The molecule has 0 fully saturated rings. The van der Waals surface area contributed by atoms with Crippen molar-refractivity contribution in [2.45, 2.75) is 39.3 Å². The molecule has 0 heterocycles. The van der Waals surface area contributed by atoms with Crippen LogP contribution in [0.3, 0.4) is 0 Å². The highest BCUT2D eigenvalue weighted by atomic mass is 16.4. The number of carbonyl (C=O) groups is 5. The van der Waals surface area contributed by atoms with Gasteiger partial charge in [0.25, 0.3) is 5.91 Å². The molecular weight excluding hydrogens is 414 g/mol. The number of nitrogens with one attached hydrogen (secondary N) is 3. The average molecular weight is 441 g/mol. The van der Waals surface area contributed by atoms with E-state index in [4.69, 9.17) is 5.11 Å². The molecule has 0 aromatic heterocycles. The quantitative estimate of drug-likeness (QED) is 0.432. The van der Waals surface area contributed by atoms with Crippen LogP contribution in [0.25, 0.3) is 10.8 Å². The van der Waals surface area contributed by atoms with Crippen LogP contribution in [0, 0.1) is 5.41 Å². The summed E-state index contributed by atoms with van der Waals surface area (Å²) in [7, 11) is 0. The Morgan fingerprint density at radius 2 is 1.66 bits per heavy atom. The standard InChI is InChI=1S/C23H27N3O6/c1-23(2,3)20(22(32)24-12-18(28)25-15(13-27)11-19(29)30)26-21(31)17-10-6-8-14-7-4-5-9-16(14)17/h4-10,13,15,20H,11-12H2,1-3H3,(H,24,32)(H,25,28)(H,26,31)(H,29,30)/t15-,20+/m0/s1. The summed E-state index contributed by atoms with van der Waals surface area (Å²) in [6.07, 6.45) is -0.245. The smallest absolute Gasteiger partial charge is 0.305 e. The monoisotopic (exact) mass is 441 g/mol. The maximum absolute atomic E-state index is 13.0. The zero-order valence-electron chi connectivity index (χ0n) is 18.2. The molecule has 2 rings (SSSR count). The summed E-state index contributed by atoms with van der Waals surface area (Å²) in [4.78, 5) is 59.4. The number of rotatable bonds is 9. The molecule has 2 atom stereocenters. The molecule has 0 saturated heterocycles. The second-order valence-corrected chi connectivity index (χ2v) is 8.42. The molecular formula is C23H27N3O6. The van der Waals surface area contributed by atoms with Crippen molar-refractivity contribution < 1.29 is 29.1 Å². The normalized spacial score (nSPS) is 13.0. The van der Waals surface area contributed by atoms with Crippen molar-refractivity contribution in [1.82, 2.24) is 16.0 Å². The van der Waals surface area contributed by atoms with Gasteiger partial charge in [-0.05, 0) is 22.3 Å². The zero-order valence-corrected chi connectivity index (χ0v) is 18.2. The minimum Gasteiger partial charge on any atom is -0.481 e. The highest BCUT2D eigenvalue weighted by Gasteiger charge is 2.33. The van der Waals surface area contributed by atoms with Gasteiger partial charge in [-0.2, -0.15) is 0 Å². The van der Waals surface area contributed by atoms with Gasteiger partial charge < -0.3 is 25.9 Å². The summed E-state index contributed by atoms with van der Waals surface area (Å²) in [6, 6.07) is 10.6. The van der Waals surface area contributed by atoms with E-state index >= 15 is 0 Å². The molecule has 4 N–H and O–H groups in total. The van der Waals surface area contributed by atoms with Crippen LogP contribution in [0.4, 0.5) is 0 Å². The fourth-order valence-electron chi connectivity index (χ4n) is 3.16. The minimum atomic E-state index is -1.24. The third-order valence-corrected chi connectivity index (χ3v) is 4.77. The highest BCUT2D eigenvalue weighted by molar-refractivity contribution is 6.08. The lowest BCUT2D eigenvalue weighted by molar-refractivity contribution is -0.139. The molecule has 32 heavy (non-hydrogen) atoms. The highest BCUT2D eigenvalue weighted by Crippen LogP contribution is 2.22. The van der Waals surface area contributed by atoms with Gasteiger partial charge in [0.2, 0.25) is 11.8 Å². The van der Waals surface area contributed by atoms with Gasteiger partial charge in [0, 0.05) is 5.56 Å². The van der Waals surface area contributed by atoms with Gasteiger partial charge in [-0.3, -0.25) is 19.2 Å². The molecule has 0 spiro atoms. The van der Waals surface area contributed by atoms with E-state index in [1.807, 2.05) is 30.3 Å². The summed E-state index contributed by atoms with van der Waals surface area (Å²) in [5.74, 6) is -2.97. The largest absolute Gasteiger partial charge is 0.481 e. The van der Waals surface area contributed by atoms with Crippen molar-refractivity contribution in [2.75, 3.05) is 6.54 Å². The number of aliphatic carboxylic acids is 1. The van der Waals surface area contributed by atoms with Gasteiger partial charge in [0.1, 0.15) is 12.3 Å². The Kier molecular flexibility index (Phi) is 8.06. The first-order valence-corrected chi connectivity index (χ1v) is 10.1. The second kappa shape index (κ2) is 10.5. The van der Waals surface area contributed by atoms with Crippen LogP contribution < -0.4 is 16.0 Å². The van der Waals surface area contributed by atoms with E-state index < -0.39 is 54.2 Å². The summed E-state index contributed by atoms with van der Waals surface area (Å²) in [5.41, 5.74) is -0.250. The molecule has 0 aliphatic carbocycles. The number of carboxylic acid groups (broad SMARTS) is 1. The Labute approximate surface area is 185 Å². The van der Waals surface area contributed by atoms with Gasteiger partial charge in [0.15, 0.2) is 0 Å². The van der Waals surface area contributed by atoms with Crippen molar-refractivity contribution in [2.24, 2.45) is 5.41 Å². The average Bonchev–Trinajstić information content (AvgIpc) is 2.73. The summed E-state index contributed by atoms with van der Waals surface area (Å²) in [5, 5.41) is 17.8. The number of carboxylic acids is 1. The summed E-state index contributed by atoms with van der Waals surface area (Å²) >= 11 is 0. The maximum atomic E-state index is 13.0.